The summed E-state index contributed by atoms with van der Waals surface area (Å²) in [6.45, 7) is 7.05. The van der Waals surface area contributed by atoms with E-state index >= 15 is 0 Å². The number of halogens is 1. The normalized spacial score (nSPS) is 30.1. The van der Waals surface area contributed by atoms with Gasteiger partial charge in [-0.1, -0.05) is 41.9 Å². The van der Waals surface area contributed by atoms with Crippen LogP contribution >= 0.6 is 15.9 Å². The molecule has 0 aromatic heterocycles. The molecule has 0 spiro atoms. The van der Waals surface area contributed by atoms with Crippen molar-refractivity contribution in [2.75, 3.05) is 0 Å². The fourth-order valence-corrected chi connectivity index (χ4v) is 3.34. The van der Waals surface area contributed by atoms with Gasteiger partial charge in [0, 0.05) is 16.6 Å². The molecule has 0 heterocycles. The lowest BCUT2D eigenvalue weighted by molar-refractivity contribution is 0.217. The van der Waals surface area contributed by atoms with Crippen molar-refractivity contribution >= 4 is 15.9 Å². The van der Waals surface area contributed by atoms with Crippen LogP contribution in [0.5, 0.6) is 0 Å². The van der Waals surface area contributed by atoms with Crippen molar-refractivity contribution in [3.05, 3.63) is 34.3 Å². The lowest BCUT2D eigenvalue weighted by Gasteiger charge is -2.34. The van der Waals surface area contributed by atoms with Crippen molar-refractivity contribution in [2.24, 2.45) is 11.8 Å². The fourth-order valence-electron chi connectivity index (χ4n) is 2.92. The lowest BCUT2D eigenvalue weighted by Crippen LogP contribution is -2.37. The summed E-state index contributed by atoms with van der Waals surface area (Å²) in [6, 6.07) is 9.74. The molecule has 1 aliphatic carbocycles. The third-order valence-corrected chi connectivity index (χ3v) is 4.93. The minimum atomic E-state index is 0.438. The molecule has 100 valence electrons. The first-order valence-electron chi connectivity index (χ1n) is 7.07. The molecule has 1 nitrogen and oxygen atoms in total. The second-order valence-corrected chi connectivity index (χ2v) is 6.82. The predicted octanol–water partition coefficient (Wildman–Crippen LogP) is 4.92. The number of nitrogens with one attached hydrogen (secondary N) is 1. The summed E-state index contributed by atoms with van der Waals surface area (Å²) in [5.41, 5.74) is 1.37. The Kier molecular flexibility index (Phi) is 4.85. The van der Waals surface area contributed by atoms with Crippen LogP contribution in [-0.2, 0) is 0 Å². The quantitative estimate of drug-likeness (QED) is 0.835. The molecule has 0 bridgehead atoms. The molecular weight excluding hydrogens is 286 g/mol. The van der Waals surface area contributed by atoms with Gasteiger partial charge in [0.15, 0.2) is 0 Å². The minimum Gasteiger partial charge on any atom is -0.307 e. The van der Waals surface area contributed by atoms with Crippen LogP contribution in [0.25, 0.3) is 0 Å². The molecule has 1 saturated carbocycles. The average molecular weight is 310 g/mol. The number of rotatable bonds is 3. The van der Waals surface area contributed by atoms with Crippen molar-refractivity contribution in [3.63, 3.8) is 0 Å². The van der Waals surface area contributed by atoms with Gasteiger partial charge in [-0.3, -0.25) is 0 Å². The van der Waals surface area contributed by atoms with E-state index in [1.807, 2.05) is 0 Å². The first kappa shape index (κ1) is 14.1. The topological polar surface area (TPSA) is 12.0 Å². The molecule has 3 unspecified atom stereocenters. The molecule has 1 aliphatic rings. The zero-order valence-corrected chi connectivity index (χ0v) is 13.2. The highest BCUT2D eigenvalue weighted by Crippen LogP contribution is 2.30. The van der Waals surface area contributed by atoms with E-state index < -0.39 is 0 Å². The highest BCUT2D eigenvalue weighted by molar-refractivity contribution is 9.10. The smallest absolute Gasteiger partial charge is 0.0294 e. The van der Waals surface area contributed by atoms with E-state index in [1.54, 1.807) is 0 Å². The van der Waals surface area contributed by atoms with Gasteiger partial charge < -0.3 is 5.32 Å². The Morgan fingerprint density at radius 1 is 1.22 bits per heavy atom. The van der Waals surface area contributed by atoms with Crippen LogP contribution in [0.1, 0.15) is 51.6 Å². The van der Waals surface area contributed by atoms with Crippen LogP contribution in [-0.4, -0.2) is 6.04 Å². The Morgan fingerprint density at radius 2 is 2.00 bits per heavy atom. The third-order valence-electron chi connectivity index (χ3n) is 4.43. The monoisotopic (exact) mass is 309 g/mol. The number of benzene rings is 1. The van der Waals surface area contributed by atoms with Gasteiger partial charge in [-0.25, -0.2) is 0 Å². The number of hydrogen-bond acceptors (Lipinski definition) is 1. The highest BCUT2D eigenvalue weighted by Gasteiger charge is 2.25. The number of hydrogen-bond donors (Lipinski definition) is 1. The van der Waals surface area contributed by atoms with Crippen molar-refractivity contribution in [1.82, 2.24) is 5.32 Å². The zero-order valence-electron chi connectivity index (χ0n) is 11.6. The molecular formula is C16H24BrN. The first-order chi connectivity index (χ1) is 8.56. The molecule has 0 aliphatic heterocycles. The summed E-state index contributed by atoms with van der Waals surface area (Å²) in [4.78, 5) is 0. The maximum Gasteiger partial charge on any atom is 0.0294 e. The van der Waals surface area contributed by atoms with Crippen molar-refractivity contribution in [2.45, 2.75) is 52.1 Å². The first-order valence-corrected chi connectivity index (χ1v) is 7.87. The molecule has 0 amide bonds. The van der Waals surface area contributed by atoms with Crippen LogP contribution in [0.2, 0.25) is 0 Å². The van der Waals surface area contributed by atoms with Crippen LogP contribution in [0, 0.1) is 11.8 Å². The highest BCUT2D eigenvalue weighted by atomic mass is 79.9. The Morgan fingerprint density at radius 3 is 2.67 bits per heavy atom. The van der Waals surface area contributed by atoms with Crippen LogP contribution in [0.4, 0.5) is 0 Å². The van der Waals surface area contributed by atoms with Crippen LogP contribution < -0.4 is 5.32 Å². The van der Waals surface area contributed by atoms with Crippen molar-refractivity contribution in [1.29, 1.82) is 0 Å². The molecule has 1 aromatic rings. The van der Waals surface area contributed by atoms with Crippen molar-refractivity contribution < 1.29 is 0 Å². The standard InChI is InChI=1S/C16H24BrN/c1-11-7-8-16(9-12(11)2)18-13(3)14-5-4-6-15(17)10-14/h4-6,10-13,16,18H,7-9H2,1-3H3/t11?,12?,13-,16?/m0/s1. The van der Waals surface area contributed by atoms with E-state index in [0.29, 0.717) is 12.1 Å². The van der Waals surface area contributed by atoms with Gasteiger partial charge in [0.25, 0.3) is 0 Å². The van der Waals surface area contributed by atoms with Crippen molar-refractivity contribution in [3.8, 4) is 0 Å². The minimum absolute atomic E-state index is 0.438. The molecule has 2 rings (SSSR count). The zero-order chi connectivity index (χ0) is 13.1. The van der Waals surface area contributed by atoms with Gasteiger partial charge in [0.1, 0.15) is 0 Å². The molecule has 0 saturated heterocycles. The summed E-state index contributed by atoms with van der Waals surface area (Å²) in [7, 11) is 0. The molecule has 2 heteroatoms. The second-order valence-electron chi connectivity index (χ2n) is 5.91. The van der Waals surface area contributed by atoms with Gasteiger partial charge in [0.2, 0.25) is 0 Å². The Bertz CT molecular complexity index is 390. The maximum atomic E-state index is 3.79. The van der Waals surface area contributed by atoms with Gasteiger partial charge in [-0.15, -0.1) is 0 Å². The lowest BCUT2D eigenvalue weighted by atomic mass is 9.79. The molecule has 1 fully saturated rings. The van der Waals surface area contributed by atoms with Gasteiger partial charge >= 0.3 is 0 Å². The van der Waals surface area contributed by atoms with Gasteiger partial charge in [-0.2, -0.15) is 0 Å². The van der Waals surface area contributed by atoms with E-state index in [1.165, 1.54) is 29.3 Å². The SMILES string of the molecule is CC1CCC(N[C@@H](C)c2cccc(Br)c2)CC1C. The van der Waals surface area contributed by atoms with E-state index in [-0.39, 0.29) is 0 Å². The Balaban J connectivity index is 1.93. The second kappa shape index (κ2) is 6.21. The van der Waals surface area contributed by atoms with E-state index in [4.69, 9.17) is 0 Å². The van der Waals surface area contributed by atoms with E-state index in [2.05, 4.69) is 66.3 Å². The summed E-state index contributed by atoms with van der Waals surface area (Å²) >= 11 is 3.55. The van der Waals surface area contributed by atoms with E-state index in [9.17, 15) is 0 Å². The van der Waals surface area contributed by atoms with Gasteiger partial charge in [0.05, 0.1) is 0 Å². The van der Waals surface area contributed by atoms with Gasteiger partial charge in [-0.05, 0) is 55.7 Å². The van der Waals surface area contributed by atoms with Crippen LogP contribution in [0.15, 0.2) is 28.7 Å². The summed E-state index contributed by atoms with van der Waals surface area (Å²) in [6.07, 6.45) is 4.01. The Hall–Kier alpha value is -0.340. The summed E-state index contributed by atoms with van der Waals surface area (Å²) < 4.78 is 1.17. The average Bonchev–Trinajstić information content (AvgIpc) is 2.34. The largest absolute Gasteiger partial charge is 0.307 e. The molecule has 1 N–H and O–H groups in total. The molecule has 1 aromatic carbocycles. The fraction of sp³-hybridized carbons (Fsp3) is 0.625. The molecule has 0 radical (unpaired) electrons. The molecule has 18 heavy (non-hydrogen) atoms. The van der Waals surface area contributed by atoms with E-state index in [0.717, 1.165) is 11.8 Å². The summed E-state index contributed by atoms with van der Waals surface area (Å²) in [5, 5.41) is 3.79. The molecule has 4 atom stereocenters. The summed E-state index contributed by atoms with van der Waals surface area (Å²) in [5.74, 6) is 1.75. The third kappa shape index (κ3) is 3.58. The maximum absolute atomic E-state index is 3.79. The Labute approximate surface area is 119 Å². The predicted molar refractivity (Wildman–Crippen MR) is 81.7 cm³/mol. The van der Waals surface area contributed by atoms with Crippen LogP contribution in [0.3, 0.4) is 0 Å².